The van der Waals surface area contributed by atoms with E-state index in [1.807, 2.05) is 0 Å². The highest BCUT2D eigenvalue weighted by Crippen LogP contribution is 1.95. The lowest BCUT2D eigenvalue weighted by molar-refractivity contribution is 0.00991. The van der Waals surface area contributed by atoms with Gasteiger partial charge >= 0.3 is 0 Å². The molecule has 0 radical (unpaired) electrons. The molecule has 1 unspecified atom stereocenters. The Bertz CT molecular complexity index is 238. The third kappa shape index (κ3) is 8.76. The minimum Gasteiger partial charge on any atom is -0.382 e. The summed E-state index contributed by atoms with van der Waals surface area (Å²) in [7, 11) is -1.86. The maximum Gasteiger partial charge on any atom is 0.178 e. The molecule has 6 nitrogen and oxygen atoms in total. The Morgan fingerprint density at radius 1 is 1.13 bits per heavy atom. The van der Waals surface area contributed by atoms with Gasteiger partial charge in [-0.3, -0.25) is 0 Å². The molecule has 0 fully saturated rings. The Hall–Kier alpha value is -0.210. The van der Waals surface area contributed by atoms with E-state index in [1.165, 1.54) is 0 Å². The summed E-state index contributed by atoms with van der Waals surface area (Å²) in [5.41, 5.74) is -1.46. The van der Waals surface area contributed by atoms with E-state index in [-0.39, 0.29) is 13.2 Å². The van der Waals surface area contributed by atoms with Crippen molar-refractivity contribution in [1.82, 2.24) is 0 Å². The molecule has 0 amide bonds. The van der Waals surface area contributed by atoms with Gasteiger partial charge in [0, 0.05) is 13.4 Å². The van der Waals surface area contributed by atoms with Crippen LogP contribution in [-0.4, -0.2) is 65.4 Å². The molecule has 0 bridgehead atoms. The highest BCUT2D eigenvalue weighted by atomic mass is 32.2. The molecule has 0 aromatic heterocycles. The quantitative estimate of drug-likeness (QED) is 0.524. The van der Waals surface area contributed by atoms with Gasteiger partial charge < -0.3 is 19.3 Å². The molecule has 1 N–H and O–H groups in total. The molecule has 1 atom stereocenters. The van der Waals surface area contributed by atoms with E-state index in [9.17, 15) is 8.42 Å². The van der Waals surface area contributed by atoms with E-state index >= 15 is 0 Å². The molecule has 0 aliphatic heterocycles. The fraction of sp³-hybridized carbons (Fsp3) is 1.00. The Kier molecular flexibility index (Phi) is 7.89. The Labute approximate surface area is 90.1 Å². The average Bonchev–Trinajstić information content (AvgIpc) is 2.14. The molecule has 7 heteroatoms. The summed E-state index contributed by atoms with van der Waals surface area (Å²) in [5.74, 6) is 0. The van der Waals surface area contributed by atoms with Crippen LogP contribution in [0.5, 0.6) is 0 Å². The van der Waals surface area contributed by atoms with Crippen LogP contribution in [0.1, 0.15) is 0 Å². The van der Waals surface area contributed by atoms with Gasteiger partial charge in [-0.2, -0.15) is 0 Å². The number of hydrogen-bond acceptors (Lipinski definition) is 6. The van der Waals surface area contributed by atoms with Crippen LogP contribution in [0.15, 0.2) is 0 Å². The molecule has 0 spiro atoms. The summed E-state index contributed by atoms with van der Waals surface area (Å²) < 4.78 is 36.2. The molecule has 0 rings (SSSR count). The number of methoxy groups -OCH3 is 1. The van der Waals surface area contributed by atoms with Crippen LogP contribution >= 0.6 is 0 Å². The summed E-state index contributed by atoms with van der Waals surface area (Å²) in [5, 5.41) is 9.05. The van der Waals surface area contributed by atoms with Crippen molar-refractivity contribution < 1.29 is 27.7 Å². The maximum absolute atomic E-state index is 10.8. The van der Waals surface area contributed by atoms with Crippen molar-refractivity contribution in [1.29, 1.82) is 0 Å². The Morgan fingerprint density at radius 3 is 2.20 bits per heavy atom. The van der Waals surface area contributed by atoms with E-state index in [2.05, 4.69) is 0 Å². The molecule has 0 aromatic rings. The zero-order valence-corrected chi connectivity index (χ0v) is 9.83. The van der Waals surface area contributed by atoms with Crippen LogP contribution < -0.4 is 0 Å². The largest absolute Gasteiger partial charge is 0.382 e. The van der Waals surface area contributed by atoms with Crippen molar-refractivity contribution in [3.05, 3.63) is 0 Å². The van der Waals surface area contributed by atoms with Gasteiger partial charge in [0.1, 0.15) is 0 Å². The van der Waals surface area contributed by atoms with Crippen LogP contribution in [0.3, 0.4) is 0 Å². The first-order valence-electron chi connectivity index (χ1n) is 4.50. The van der Waals surface area contributed by atoms with Gasteiger partial charge in [0.15, 0.2) is 15.3 Å². The number of rotatable bonds is 9. The van der Waals surface area contributed by atoms with Gasteiger partial charge in [0.2, 0.25) is 0 Å². The number of hydrogen-bond donors (Lipinski definition) is 1. The minimum atomic E-state index is -3.43. The SMILES string of the molecule is COCCOCCOCC(O)S(C)(=O)=O. The molecule has 0 aliphatic carbocycles. The van der Waals surface area contributed by atoms with Gasteiger partial charge in [-0.05, 0) is 0 Å². The van der Waals surface area contributed by atoms with Crippen LogP contribution in [0.4, 0.5) is 0 Å². The summed E-state index contributed by atoms with van der Waals surface area (Å²) in [4.78, 5) is 0. The van der Waals surface area contributed by atoms with Crippen LogP contribution in [0.2, 0.25) is 0 Å². The second-order valence-corrected chi connectivity index (χ2v) is 5.17. The second-order valence-electron chi connectivity index (χ2n) is 2.96. The van der Waals surface area contributed by atoms with Gasteiger partial charge in [0.25, 0.3) is 0 Å². The first-order chi connectivity index (χ1) is 6.98. The number of ether oxygens (including phenoxy) is 3. The Morgan fingerprint density at radius 2 is 1.67 bits per heavy atom. The van der Waals surface area contributed by atoms with Crippen molar-refractivity contribution in [3.8, 4) is 0 Å². The lowest BCUT2D eigenvalue weighted by Crippen LogP contribution is -2.25. The fourth-order valence-electron chi connectivity index (χ4n) is 0.670. The number of aliphatic hydroxyl groups excluding tert-OH is 1. The normalized spacial score (nSPS) is 14.1. The van der Waals surface area contributed by atoms with Gasteiger partial charge in [0.05, 0.1) is 33.0 Å². The van der Waals surface area contributed by atoms with E-state index in [4.69, 9.17) is 19.3 Å². The van der Waals surface area contributed by atoms with Crippen LogP contribution in [-0.2, 0) is 24.0 Å². The van der Waals surface area contributed by atoms with Crippen LogP contribution in [0.25, 0.3) is 0 Å². The first kappa shape index (κ1) is 14.8. The zero-order chi connectivity index (χ0) is 11.7. The number of aliphatic hydroxyl groups is 1. The average molecular weight is 242 g/mol. The standard InChI is InChI=1S/C8H18O6S/c1-12-3-4-13-5-6-14-7-8(9)15(2,10)11/h8-9H,3-7H2,1-2H3. The van der Waals surface area contributed by atoms with E-state index in [0.717, 1.165) is 6.26 Å². The molecule has 0 saturated carbocycles. The van der Waals surface area contributed by atoms with Crippen molar-refractivity contribution in [2.45, 2.75) is 5.44 Å². The highest BCUT2D eigenvalue weighted by molar-refractivity contribution is 7.91. The highest BCUT2D eigenvalue weighted by Gasteiger charge is 2.16. The van der Waals surface area contributed by atoms with Gasteiger partial charge in [-0.25, -0.2) is 8.42 Å². The predicted octanol–water partition coefficient (Wildman–Crippen LogP) is -0.971. The molecule has 92 valence electrons. The molecule has 15 heavy (non-hydrogen) atoms. The molecular weight excluding hydrogens is 224 g/mol. The van der Waals surface area contributed by atoms with Crippen LogP contribution in [0, 0.1) is 0 Å². The topological polar surface area (TPSA) is 82.1 Å². The summed E-state index contributed by atoms with van der Waals surface area (Å²) in [6.07, 6.45) is 0.954. The smallest absolute Gasteiger partial charge is 0.178 e. The lowest BCUT2D eigenvalue weighted by Gasteiger charge is -2.09. The molecule has 0 aliphatic rings. The van der Waals surface area contributed by atoms with Crippen molar-refractivity contribution >= 4 is 9.84 Å². The fourth-order valence-corrected chi connectivity index (χ4v) is 1.01. The molecule has 0 aromatic carbocycles. The van der Waals surface area contributed by atoms with Crippen molar-refractivity contribution in [3.63, 3.8) is 0 Å². The predicted molar refractivity (Wildman–Crippen MR) is 54.4 cm³/mol. The van der Waals surface area contributed by atoms with E-state index in [1.54, 1.807) is 7.11 Å². The third-order valence-corrected chi connectivity index (χ3v) is 2.68. The van der Waals surface area contributed by atoms with Gasteiger partial charge in [-0.1, -0.05) is 0 Å². The monoisotopic (exact) mass is 242 g/mol. The third-order valence-electron chi connectivity index (χ3n) is 1.56. The second kappa shape index (κ2) is 8.00. The van der Waals surface area contributed by atoms with Crippen molar-refractivity contribution in [2.75, 3.05) is 46.4 Å². The lowest BCUT2D eigenvalue weighted by atomic mass is 10.7. The number of sulfone groups is 1. The van der Waals surface area contributed by atoms with E-state index in [0.29, 0.717) is 19.8 Å². The molecule has 0 heterocycles. The summed E-state index contributed by atoms with van der Waals surface area (Å²) >= 11 is 0. The summed E-state index contributed by atoms with van der Waals surface area (Å²) in [6, 6.07) is 0. The Balaban J connectivity index is 3.32. The molecular formula is C8H18O6S. The molecule has 0 saturated heterocycles. The first-order valence-corrected chi connectivity index (χ1v) is 6.45. The van der Waals surface area contributed by atoms with Gasteiger partial charge in [-0.15, -0.1) is 0 Å². The maximum atomic E-state index is 10.8. The van der Waals surface area contributed by atoms with Crippen molar-refractivity contribution in [2.24, 2.45) is 0 Å². The van der Waals surface area contributed by atoms with E-state index < -0.39 is 15.3 Å². The summed E-state index contributed by atoms with van der Waals surface area (Å²) in [6.45, 7) is 1.34. The minimum absolute atomic E-state index is 0.230. The zero-order valence-electron chi connectivity index (χ0n) is 9.01.